The zero-order valence-corrected chi connectivity index (χ0v) is 14.9. The molecule has 0 unspecified atom stereocenters. The average Bonchev–Trinajstić information content (AvgIpc) is 3.27. The molecule has 27 heavy (non-hydrogen) atoms. The minimum absolute atomic E-state index is 0.0302. The molecule has 9 heteroatoms. The maximum absolute atomic E-state index is 13.6. The van der Waals surface area contributed by atoms with Crippen LogP contribution in [0.5, 0.6) is 5.75 Å². The van der Waals surface area contributed by atoms with Crippen LogP contribution in [-0.4, -0.2) is 37.3 Å². The molecule has 0 spiro atoms. The summed E-state index contributed by atoms with van der Waals surface area (Å²) in [5.41, 5.74) is 1.65. The lowest BCUT2D eigenvalue weighted by atomic mass is 10.2. The molecule has 1 N–H and O–H groups in total. The summed E-state index contributed by atoms with van der Waals surface area (Å²) in [6.45, 7) is 2.77. The highest BCUT2D eigenvalue weighted by atomic mass is 19.1. The summed E-state index contributed by atoms with van der Waals surface area (Å²) in [7, 11) is 1.81. The first-order valence-electron chi connectivity index (χ1n) is 8.35. The van der Waals surface area contributed by atoms with Crippen LogP contribution in [0.25, 0.3) is 0 Å². The van der Waals surface area contributed by atoms with E-state index in [0.717, 1.165) is 17.7 Å². The van der Waals surface area contributed by atoms with E-state index >= 15 is 0 Å². The summed E-state index contributed by atoms with van der Waals surface area (Å²) in [6.07, 6.45) is 3.55. The van der Waals surface area contributed by atoms with Gasteiger partial charge in [-0.05, 0) is 25.1 Å². The summed E-state index contributed by atoms with van der Waals surface area (Å²) in [5, 5.41) is 10.8. The third-order valence-corrected chi connectivity index (χ3v) is 3.93. The Balaban J connectivity index is 1.63. The molecular formula is C18H19F2N5O2. The number of H-pyrrole nitrogens is 1. The maximum atomic E-state index is 13.6. The second kappa shape index (κ2) is 7.98. The molecule has 1 amide bonds. The summed E-state index contributed by atoms with van der Waals surface area (Å²) < 4.78 is 33.5. The van der Waals surface area contributed by atoms with Crippen molar-refractivity contribution in [3.8, 4) is 5.75 Å². The normalized spacial score (nSPS) is 10.8. The number of rotatable bonds is 7. The zero-order valence-electron chi connectivity index (χ0n) is 14.9. The number of amides is 1. The van der Waals surface area contributed by atoms with E-state index in [2.05, 4.69) is 15.3 Å². The maximum Gasteiger partial charge on any atom is 0.274 e. The van der Waals surface area contributed by atoms with Crippen LogP contribution in [0.15, 0.2) is 36.7 Å². The summed E-state index contributed by atoms with van der Waals surface area (Å²) in [5.74, 6) is -1.79. The van der Waals surface area contributed by atoms with E-state index < -0.39 is 11.6 Å². The van der Waals surface area contributed by atoms with Crippen molar-refractivity contribution in [2.45, 2.75) is 20.1 Å². The van der Waals surface area contributed by atoms with Gasteiger partial charge in [0.2, 0.25) is 0 Å². The molecule has 0 saturated heterocycles. The summed E-state index contributed by atoms with van der Waals surface area (Å²) in [6, 6.07) is 4.61. The predicted molar refractivity (Wildman–Crippen MR) is 92.9 cm³/mol. The number of ether oxygens (including phenoxy) is 1. The highest BCUT2D eigenvalue weighted by Gasteiger charge is 2.18. The largest absolute Gasteiger partial charge is 0.484 e. The topological polar surface area (TPSA) is 76.0 Å². The average molecular weight is 375 g/mol. The number of aromatic nitrogens is 4. The van der Waals surface area contributed by atoms with Gasteiger partial charge in [-0.3, -0.25) is 14.6 Å². The van der Waals surface area contributed by atoms with Crippen LogP contribution in [0.2, 0.25) is 0 Å². The Morgan fingerprint density at radius 1 is 1.33 bits per heavy atom. The Labute approximate surface area is 154 Å². The van der Waals surface area contributed by atoms with E-state index in [0.29, 0.717) is 18.8 Å². The fourth-order valence-electron chi connectivity index (χ4n) is 2.56. The van der Waals surface area contributed by atoms with E-state index in [1.165, 1.54) is 6.07 Å². The minimum atomic E-state index is -0.792. The monoisotopic (exact) mass is 375 g/mol. The zero-order chi connectivity index (χ0) is 19.4. The van der Waals surface area contributed by atoms with Gasteiger partial charge in [-0.2, -0.15) is 10.2 Å². The number of aryl methyl sites for hydroxylation is 1. The molecule has 142 valence electrons. The smallest absolute Gasteiger partial charge is 0.274 e. The predicted octanol–water partition coefficient (Wildman–Crippen LogP) is 2.66. The van der Waals surface area contributed by atoms with E-state index in [9.17, 15) is 13.6 Å². The van der Waals surface area contributed by atoms with Crippen LogP contribution in [0.4, 0.5) is 8.78 Å². The van der Waals surface area contributed by atoms with Crippen LogP contribution < -0.4 is 4.74 Å². The third kappa shape index (κ3) is 4.49. The van der Waals surface area contributed by atoms with E-state index in [-0.39, 0.29) is 24.0 Å². The number of halogens is 2. The van der Waals surface area contributed by atoms with Gasteiger partial charge in [0, 0.05) is 38.0 Å². The highest BCUT2D eigenvalue weighted by molar-refractivity contribution is 5.92. The van der Waals surface area contributed by atoms with Gasteiger partial charge in [0.1, 0.15) is 12.4 Å². The summed E-state index contributed by atoms with van der Waals surface area (Å²) >= 11 is 0. The van der Waals surface area contributed by atoms with Crippen LogP contribution >= 0.6 is 0 Å². The van der Waals surface area contributed by atoms with Crippen molar-refractivity contribution in [2.75, 3.05) is 6.54 Å². The van der Waals surface area contributed by atoms with Gasteiger partial charge in [0.25, 0.3) is 5.91 Å². The van der Waals surface area contributed by atoms with Crippen LogP contribution in [0, 0.1) is 11.6 Å². The second-order valence-corrected chi connectivity index (χ2v) is 5.98. The first-order valence-corrected chi connectivity index (χ1v) is 8.35. The fraction of sp³-hybridized carbons (Fsp3) is 0.278. The van der Waals surface area contributed by atoms with Crippen molar-refractivity contribution in [3.05, 3.63) is 65.2 Å². The number of hydrogen-bond donors (Lipinski definition) is 1. The van der Waals surface area contributed by atoms with Gasteiger partial charge in [0.05, 0.1) is 11.9 Å². The molecule has 0 atom stereocenters. The van der Waals surface area contributed by atoms with E-state index in [4.69, 9.17) is 4.74 Å². The fourth-order valence-corrected chi connectivity index (χ4v) is 2.56. The van der Waals surface area contributed by atoms with E-state index in [1.807, 2.05) is 20.2 Å². The Morgan fingerprint density at radius 2 is 2.15 bits per heavy atom. The van der Waals surface area contributed by atoms with Crippen molar-refractivity contribution in [2.24, 2.45) is 7.05 Å². The van der Waals surface area contributed by atoms with Gasteiger partial charge in [-0.25, -0.2) is 8.78 Å². The molecule has 0 saturated carbocycles. The molecule has 3 rings (SSSR count). The third-order valence-electron chi connectivity index (χ3n) is 3.93. The van der Waals surface area contributed by atoms with Gasteiger partial charge in [-0.1, -0.05) is 0 Å². The van der Waals surface area contributed by atoms with Crippen molar-refractivity contribution < 1.29 is 18.3 Å². The molecule has 0 aliphatic heterocycles. The van der Waals surface area contributed by atoms with Crippen LogP contribution in [0.3, 0.4) is 0 Å². The van der Waals surface area contributed by atoms with Crippen molar-refractivity contribution in [3.63, 3.8) is 0 Å². The number of carbonyl (C=O) groups is 1. The lowest BCUT2D eigenvalue weighted by Gasteiger charge is -2.18. The Bertz CT molecular complexity index is 937. The molecule has 3 aromatic rings. The molecular weight excluding hydrogens is 356 g/mol. The molecule has 0 radical (unpaired) electrons. The van der Waals surface area contributed by atoms with Crippen molar-refractivity contribution in [1.29, 1.82) is 0 Å². The number of nitrogens with one attached hydrogen (secondary N) is 1. The molecule has 0 aliphatic carbocycles. The Hall–Kier alpha value is -3.23. The molecule has 7 nitrogen and oxygen atoms in total. The molecule has 1 aromatic carbocycles. The molecule has 0 aliphatic rings. The molecule has 2 heterocycles. The number of nitrogens with zero attached hydrogens (tertiary/aromatic N) is 4. The second-order valence-electron chi connectivity index (χ2n) is 5.98. The van der Waals surface area contributed by atoms with Gasteiger partial charge in [-0.15, -0.1) is 0 Å². The number of hydrogen-bond acceptors (Lipinski definition) is 4. The van der Waals surface area contributed by atoms with E-state index in [1.54, 1.807) is 21.8 Å². The Kier molecular flexibility index (Phi) is 5.49. The van der Waals surface area contributed by atoms with Crippen molar-refractivity contribution in [1.82, 2.24) is 24.9 Å². The SMILES string of the molecule is CCN(Cc1cnn(C)c1)C(=O)c1cc(COc2ccc(F)cc2F)[nH]n1. The summed E-state index contributed by atoms with van der Waals surface area (Å²) in [4.78, 5) is 14.3. The lowest BCUT2D eigenvalue weighted by Crippen LogP contribution is -2.30. The quantitative estimate of drug-likeness (QED) is 0.689. The Morgan fingerprint density at radius 3 is 2.81 bits per heavy atom. The molecule has 0 fully saturated rings. The van der Waals surface area contributed by atoms with Gasteiger partial charge in [0.15, 0.2) is 17.3 Å². The number of aromatic amines is 1. The van der Waals surface area contributed by atoms with Crippen LogP contribution in [-0.2, 0) is 20.2 Å². The first-order chi connectivity index (χ1) is 13.0. The van der Waals surface area contributed by atoms with Crippen LogP contribution in [0.1, 0.15) is 28.7 Å². The van der Waals surface area contributed by atoms with Crippen molar-refractivity contribution >= 4 is 5.91 Å². The first kappa shape index (κ1) is 18.6. The lowest BCUT2D eigenvalue weighted by molar-refractivity contribution is 0.0746. The molecule has 2 aromatic heterocycles. The van der Waals surface area contributed by atoms with Gasteiger partial charge < -0.3 is 9.64 Å². The minimum Gasteiger partial charge on any atom is -0.484 e. The number of carbonyl (C=O) groups excluding carboxylic acids is 1. The van der Waals surface area contributed by atoms with Gasteiger partial charge >= 0.3 is 0 Å². The highest BCUT2D eigenvalue weighted by Crippen LogP contribution is 2.19. The number of benzene rings is 1. The molecule has 0 bridgehead atoms. The standard InChI is InChI=1S/C18H19F2N5O2/c1-3-25(10-12-8-21-24(2)9-12)18(26)16-7-14(22-23-16)11-27-17-5-4-13(19)6-15(17)20/h4-9H,3,10-11H2,1-2H3,(H,22,23).